The molecule has 0 bridgehead atoms. The first kappa shape index (κ1) is 21.2. The van der Waals surface area contributed by atoms with Gasteiger partial charge in [0.2, 0.25) is 17.7 Å². The van der Waals surface area contributed by atoms with Crippen LogP contribution < -0.4 is 16.0 Å². The summed E-state index contributed by atoms with van der Waals surface area (Å²) in [5.41, 5.74) is 4.59. The maximum Gasteiger partial charge on any atom is 0.233 e. The van der Waals surface area contributed by atoms with Crippen molar-refractivity contribution in [1.29, 1.82) is 0 Å². The number of carbonyl (C=O) groups is 3. The second kappa shape index (κ2) is 10.3. The number of benzene rings is 2. The molecule has 0 aliphatic rings. The van der Waals surface area contributed by atoms with Gasteiger partial charge in [0.25, 0.3) is 0 Å². The molecule has 2 aromatic carbocycles. The molecular formula is C22H27N3O3. The Hall–Kier alpha value is -3.15. The van der Waals surface area contributed by atoms with Crippen molar-refractivity contribution in [2.75, 3.05) is 17.2 Å². The number of rotatable bonds is 8. The zero-order valence-electron chi connectivity index (χ0n) is 16.6. The molecule has 0 unspecified atom stereocenters. The van der Waals surface area contributed by atoms with Gasteiger partial charge in [-0.25, -0.2) is 0 Å². The predicted octanol–water partition coefficient (Wildman–Crippen LogP) is 3.34. The number of hydrogen-bond acceptors (Lipinski definition) is 3. The van der Waals surface area contributed by atoms with Gasteiger partial charge in [-0.2, -0.15) is 0 Å². The zero-order chi connectivity index (χ0) is 20.5. The van der Waals surface area contributed by atoms with Crippen molar-refractivity contribution >= 4 is 29.1 Å². The molecule has 0 aliphatic heterocycles. The van der Waals surface area contributed by atoms with Gasteiger partial charge in [-0.3, -0.25) is 14.4 Å². The smallest absolute Gasteiger partial charge is 0.233 e. The summed E-state index contributed by atoms with van der Waals surface area (Å²) in [4.78, 5) is 36.0. The van der Waals surface area contributed by atoms with Gasteiger partial charge >= 0.3 is 0 Å². The molecule has 0 heterocycles. The van der Waals surface area contributed by atoms with E-state index in [0.29, 0.717) is 5.69 Å². The first-order valence-electron chi connectivity index (χ1n) is 9.41. The first-order valence-corrected chi connectivity index (χ1v) is 9.41. The van der Waals surface area contributed by atoms with Crippen LogP contribution in [0.15, 0.2) is 42.5 Å². The Morgan fingerprint density at radius 3 is 2.25 bits per heavy atom. The Morgan fingerprint density at radius 1 is 0.821 bits per heavy atom. The highest BCUT2D eigenvalue weighted by Gasteiger charge is 2.12. The van der Waals surface area contributed by atoms with Crippen LogP contribution in [0.4, 0.5) is 11.4 Å². The molecular weight excluding hydrogens is 354 g/mol. The van der Waals surface area contributed by atoms with E-state index in [9.17, 15) is 14.4 Å². The SMILES string of the molecule is CCc1ccccc1NC(=O)CCNC(=O)CC(=O)Nc1cccc(C)c1C. The fraction of sp³-hybridized carbons (Fsp3) is 0.318. The number of aryl methyl sites for hydroxylation is 2. The van der Waals surface area contributed by atoms with Gasteiger partial charge in [0.15, 0.2) is 0 Å². The van der Waals surface area contributed by atoms with Gasteiger partial charge in [-0.15, -0.1) is 0 Å². The minimum absolute atomic E-state index is 0.141. The molecule has 6 nitrogen and oxygen atoms in total. The van der Waals surface area contributed by atoms with Crippen LogP contribution >= 0.6 is 0 Å². The van der Waals surface area contributed by atoms with E-state index in [0.717, 1.165) is 28.8 Å². The topological polar surface area (TPSA) is 87.3 Å². The summed E-state index contributed by atoms with van der Waals surface area (Å²) in [6, 6.07) is 13.2. The summed E-state index contributed by atoms with van der Waals surface area (Å²) in [6.07, 6.45) is 0.679. The summed E-state index contributed by atoms with van der Waals surface area (Å²) in [6.45, 7) is 6.08. The van der Waals surface area contributed by atoms with Crippen LogP contribution in [0.1, 0.15) is 36.5 Å². The van der Waals surface area contributed by atoms with Crippen molar-refractivity contribution in [2.45, 2.75) is 40.0 Å². The zero-order valence-corrected chi connectivity index (χ0v) is 16.6. The molecule has 0 aliphatic carbocycles. The Kier molecular flexibility index (Phi) is 7.75. The molecule has 0 fully saturated rings. The molecule has 3 amide bonds. The normalized spacial score (nSPS) is 10.2. The van der Waals surface area contributed by atoms with E-state index in [1.54, 1.807) is 6.07 Å². The van der Waals surface area contributed by atoms with Crippen LogP contribution in [0.2, 0.25) is 0 Å². The van der Waals surface area contributed by atoms with Crippen molar-refractivity contribution in [1.82, 2.24) is 5.32 Å². The summed E-state index contributed by atoms with van der Waals surface area (Å²) in [5, 5.41) is 8.21. The lowest BCUT2D eigenvalue weighted by Crippen LogP contribution is -2.31. The van der Waals surface area contributed by atoms with Crippen LogP contribution in [0.5, 0.6) is 0 Å². The van der Waals surface area contributed by atoms with Gasteiger partial charge < -0.3 is 16.0 Å². The molecule has 0 radical (unpaired) electrons. The van der Waals surface area contributed by atoms with E-state index in [1.807, 2.05) is 57.2 Å². The van der Waals surface area contributed by atoms with E-state index in [4.69, 9.17) is 0 Å². The Morgan fingerprint density at radius 2 is 1.50 bits per heavy atom. The van der Waals surface area contributed by atoms with Crippen molar-refractivity contribution in [3.63, 3.8) is 0 Å². The summed E-state index contributed by atoms with van der Waals surface area (Å²) < 4.78 is 0. The first-order chi connectivity index (χ1) is 13.4. The maximum atomic E-state index is 12.1. The van der Waals surface area contributed by atoms with Crippen molar-refractivity contribution in [3.8, 4) is 0 Å². The molecule has 6 heteroatoms. The molecule has 28 heavy (non-hydrogen) atoms. The fourth-order valence-corrected chi connectivity index (χ4v) is 2.77. The van der Waals surface area contributed by atoms with E-state index >= 15 is 0 Å². The van der Waals surface area contributed by atoms with E-state index < -0.39 is 5.91 Å². The highest BCUT2D eigenvalue weighted by atomic mass is 16.2. The molecule has 0 aromatic heterocycles. The van der Waals surface area contributed by atoms with Crippen molar-refractivity contribution in [2.24, 2.45) is 0 Å². The highest BCUT2D eigenvalue weighted by molar-refractivity contribution is 6.04. The third-order valence-corrected chi connectivity index (χ3v) is 4.55. The predicted molar refractivity (Wildman–Crippen MR) is 111 cm³/mol. The number of carbonyl (C=O) groups excluding carboxylic acids is 3. The van der Waals surface area contributed by atoms with Gasteiger partial charge in [0.1, 0.15) is 6.42 Å². The molecule has 2 rings (SSSR count). The number of para-hydroxylation sites is 1. The number of amides is 3. The second-order valence-corrected chi connectivity index (χ2v) is 6.63. The highest BCUT2D eigenvalue weighted by Crippen LogP contribution is 2.18. The third-order valence-electron chi connectivity index (χ3n) is 4.55. The molecule has 148 valence electrons. The second-order valence-electron chi connectivity index (χ2n) is 6.63. The largest absolute Gasteiger partial charge is 0.355 e. The van der Waals surface area contributed by atoms with Crippen molar-refractivity contribution < 1.29 is 14.4 Å². The van der Waals surface area contributed by atoms with Gasteiger partial charge in [0.05, 0.1) is 0 Å². The average molecular weight is 381 g/mol. The molecule has 2 aromatic rings. The van der Waals surface area contributed by atoms with Crippen LogP contribution in [-0.4, -0.2) is 24.3 Å². The average Bonchev–Trinajstić information content (AvgIpc) is 2.65. The van der Waals surface area contributed by atoms with E-state index in [1.165, 1.54) is 0 Å². The number of nitrogens with one attached hydrogen (secondary N) is 3. The van der Waals surface area contributed by atoms with Gasteiger partial charge in [-0.1, -0.05) is 37.3 Å². The van der Waals surface area contributed by atoms with Crippen LogP contribution in [-0.2, 0) is 20.8 Å². The standard InChI is InChI=1S/C22H27N3O3/c1-4-17-9-5-6-10-19(17)25-20(26)12-13-23-21(27)14-22(28)24-18-11-7-8-15(2)16(18)3/h5-11H,4,12-14H2,1-3H3,(H,23,27)(H,24,28)(H,25,26). The minimum atomic E-state index is -0.412. The quantitative estimate of drug-likeness (QED) is 0.613. The lowest BCUT2D eigenvalue weighted by Gasteiger charge is -2.11. The van der Waals surface area contributed by atoms with Crippen LogP contribution in [0, 0.1) is 13.8 Å². The minimum Gasteiger partial charge on any atom is -0.355 e. The lowest BCUT2D eigenvalue weighted by atomic mass is 10.1. The van der Waals surface area contributed by atoms with E-state index in [2.05, 4.69) is 16.0 Å². The Bertz CT molecular complexity index is 862. The number of anilines is 2. The molecule has 3 N–H and O–H groups in total. The van der Waals surface area contributed by atoms with Crippen LogP contribution in [0.25, 0.3) is 0 Å². The monoisotopic (exact) mass is 381 g/mol. The Balaban J connectivity index is 1.74. The fourth-order valence-electron chi connectivity index (χ4n) is 2.77. The lowest BCUT2D eigenvalue weighted by molar-refractivity contribution is -0.126. The molecule has 0 spiro atoms. The van der Waals surface area contributed by atoms with Crippen molar-refractivity contribution in [3.05, 3.63) is 59.2 Å². The van der Waals surface area contributed by atoms with Gasteiger partial charge in [0, 0.05) is 24.3 Å². The third kappa shape index (κ3) is 6.23. The van der Waals surface area contributed by atoms with Crippen LogP contribution in [0.3, 0.4) is 0 Å². The summed E-state index contributed by atoms with van der Waals surface area (Å²) in [7, 11) is 0. The Labute approximate surface area is 165 Å². The summed E-state index contributed by atoms with van der Waals surface area (Å²) >= 11 is 0. The molecule has 0 saturated carbocycles. The molecule has 0 saturated heterocycles. The maximum absolute atomic E-state index is 12.1. The molecule has 0 atom stereocenters. The number of hydrogen-bond donors (Lipinski definition) is 3. The van der Waals surface area contributed by atoms with Gasteiger partial charge in [-0.05, 0) is 49.1 Å². The summed E-state index contributed by atoms with van der Waals surface area (Å²) in [5.74, 6) is -0.974. The van der Waals surface area contributed by atoms with E-state index in [-0.39, 0.29) is 31.2 Å².